The Hall–Kier alpha value is -1.64. The summed E-state index contributed by atoms with van der Waals surface area (Å²) in [7, 11) is -1.20. The highest BCUT2D eigenvalue weighted by Crippen LogP contribution is 2.26. The quantitative estimate of drug-likeness (QED) is 0.796. The fourth-order valence-corrected chi connectivity index (χ4v) is 3.19. The van der Waals surface area contributed by atoms with Crippen molar-refractivity contribution in [1.82, 2.24) is 4.47 Å². The van der Waals surface area contributed by atoms with Gasteiger partial charge in [0.15, 0.2) is 0 Å². The van der Waals surface area contributed by atoms with Gasteiger partial charge in [0.05, 0.1) is 27.6 Å². The van der Waals surface area contributed by atoms with Crippen LogP contribution in [0, 0.1) is 0 Å². The maximum absolute atomic E-state index is 12.2. The summed E-state index contributed by atoms with van der Waals surface area (Å²) in [5.41, 5.74) is 0.634. The average molecular weight is 389 g/mol. The number of amides is 1. The van der Waals surface area contributed by atoms with Gasteiger partial charge in [0.1, 0.15) is 0 Å². The zero-order valence-corrected chi connectivity index (χ0v) is 15.1. The van der Waals surface area contributed by atoms with Gasteiger partial charge in [-0.1, -0.05) is 33.7 Å². The molecule has 0 bridgehead atoms. The minimum atomic E-state index is -3.74. The highest BCUT2D eigenvalue weighted by Gasteiger charge is 2.20. The van der Waals surface area contributed by atoms with Gasteiger partial charge in [-0.05, 0) is 36.4 Å². The predicted octanol–water partition coefficient (Wildman–Crippen LogP) is 3.43. The molecule has 128 valence electrons. The molecule has 0 saturated carbocycles. The summed E-state index contributed by atoms with van der Waals surface area (Å²) >= 11 is 11.9. The number of hydroxylamine groups is 1. The van der Waals surface area contributed by atoms with E-state index in [1.54, 1.807) is 12.1 Å². The molecule has 0 aliphatic carbocycles. The number of hydrogen-bond acceptors (Lipinski definition) is 4. The molecule has 0 spiro atoms. The van der Waals surface area contributed by atoms with Crippen LogP contribution in [0.4, 0.5) is 5.69 Å². The normalized spacial score (nSPS) is 11.5. The SMILES string of the molecule is CON(C)S(=O)(=O)c1ccc(NC(=O)c2cccc(Cl)c2Cl)cc1. The molecule has 0 fully saturated rings. The molecule has 0 atom stereocenters. The molecule has 1 N–H and O–H groups in total. The van der Waals surface area contributed by atoms with Crippen molar-refractivity contribution < 1.29 is 18.0 Å². The Balaban J connectivity index is 2.20. The first-order valence-electron chi connectivity index (χ1n) is 6.66. The lowest BCUT2D eigenvalue weighted by molar-refractivity contribution is -0.0258. The van der Waals surface area contributed by atoms with Gasteiger partial charge in [0.25, 0.3) is 15.9 Å². The van der Waals surface area contributed by atoms with Crippen molar-refractivity contribution in [3.05, 3.63) is 58.1 Å². The van der Waals surface area contributed by atoms with E-state index in [1.807, 2.05) is 0 Å². The van der Waals surface area contributed by atoms with Crippen LogP contribution in [0.25, 0.3) is 0 Å². The summed E-state index contributed by atoms with van der Waals surface area (Å²) < 4.78 is 24.9. The van der Waals surface area contributed by atoms with Gasteiger partial charge in [0, 0.05) is 12.7 Å². The van der Waals surface area contributed by atoms with Gasteiger partial charge in [-0.3, -0.25) is 9.63 Å². The fourth-order valence-electron chi connectivity index (χ4n) is 1.83. The molecule has 2 aromatic rings. The number of anilines is 1. The van der Waals surface area contributed by atoms with E-state index in [-0.39, 0.29) is 20.5 Å². The van der Waals surface area contributed by atoms with Gasteiger partial charge in [-0.25, -0.2) is 8.42 Å². The molecule has 6 nitrogen and oxygen atoms in total. The molecule has 2 aromatic carbocycles. The predicted molar refractivity (Wildman–Crippen MR) is 92.8 cm³/mol. The minimum Gasteiger partial charge on any atom is -0.322 e. The van der Waals surface area contributed by atoms with Crippen LogP contribution in [0.2, 0.25) is 10.0 Å². The average Bonchev–Trinajstić information content (AvgIpc) is 2.56. The smallest absolute Gasteiger partial charge is 0.264 e. The van der Waals surface area contributed by atoms with Crippen molar-refractivity contribution in [3.8, 4) is 0 Å². The monoisotopic (exact) mass is 388 g/mol. The van der Waals surface area contributed by atoms with E-state index in [0.717, 1.165) is 4.47 Å². The van der Waals surface area contributed by atoms with E-state index < -0.39 is 15.9 Å². The molecule has 0 radical (unpaired) electrons. The first kappa shape index (κ1) is 18.7. The van der Waals surface area contributed by atoms with Crippen molar-refractivity contribution >= 4 is 44.8 Å². The molecule has 0 heterocycles. The summed E-state index contributed by atoms with van der Waals surface area (Å²) in [5.74, 6) is -0.452. The molecule has 2 rings (SSSR count). The second kappa shape index (κ2) is 7.50. The molecule has 24 heavy (non-hydrogen) atoms. The number of hydrogen-bond donors (Lipinski definition) is 1. The van der Waals surface area contributed by atoms with Crippen LogP contribution in [-0.2, 0) is 14.9 Å². The van der Waals surface area contributed by atoms with Crippen LogP contribution in [0.5, 0.6) is 0 Å². The standard InChI is InChI=1S/C15H14Cl2N2O4S/c1-19(23-2)24(21,22)11-8-6-10(7-9-11)18-15(20)12-4-3-5-13(16)14(12)17/h3-9H,1-2H3,(H,18,20). The number of nitrogens with zero attached hydrogens (tertiary/aromatic N) is 1. The number of carbonyl (C=O) groups is 1. The second-order valence-electron chi connectivity index (χ2n) is 4.68. The first-order chi connectivity index (χ1) is 11.3. The number of sulfonamides is 1. The van der Waals surface area contributed by atoms with E-state index in [2.05, 4.69) is 5.32 Å². The lowest BCUT2D eigenvalue weighted by Gasteiger charge is -2.14. The Morgan fingerprint density at radius 2 is 1.75 bits per heavy atom. The molecule has 0 aliphatic rings. The lowest BCUT2D eigenvalue weighted by Crippen LogP contribution is -2.25. The number of carbonyl (C=O) groups excluding carboxylic acids is 1. The van der Waals surface area contributed by atoms with Crippen molar-refractivity contribution in [2.45, 2.75) is 4.90 Å². The minimum absolute atomic E-state index is 0.0330. The van der Waals surface area contributed by atoms with Crippen LogP contribution in [0.15, 0.2) is 47.4 Å². The van der Waals surface area contributed by atoms with Gasteiger partial charge >= 0.3 is 0 Å². The van der Waals surface area contributed by atoms with Crippen molar-refractivity contribution in [2.75, 3.05) is 19.5 Å². The Morgan fingerprint density at radius 1 is 1.12 bits per heavy atom. The number of rotatable bonds is 5. The maximum Gasteiger partial charge on any atom is 0.264 e. The largest absolute Gasteiger partial charge is 0.322 e. The van der Waals surface area contributed by atoms with Gasteiger partial charge in [-0.15, -0.1) is 0 Å². The zero-order valence-electron chi connectivity index (χ0n) is 12.8. The third-order valence-electron chi connectivity index (χ3n) is 3.20. The topological polar surface area (TPSA) is 75.7 Å². The lowest BCUT2D eigenvalue weighted by atomic mass is 10.2. The van der Waals surface area contributed by atoms with Crippen LogP contribution in [-0.4, -0.2) is 33.0 Å². The Bertz CT molecular complexity index is 854. The molecule has 0 aliphatic heterocycles. The third-order valence-corrected chi connectivity index (χ3v) is 5.71. The van der Waals surface area contributed by atoms with Crippen LogP contribution >= 0.6 is 23.2 Å². The molecule has 0 saturated heterocycles. The summed E-state index contributed by atoms with van der Waals surface area (Å²) in [6.45, 7) is 0. The highest BCUT2D eigenvalue weighted by molar-refractivity contribution is 7.89. The van der Waals surface area contributed by atoms with E-state index >= 15 is 0 Å². The van der Waals surface area contributed by atoms with Crippen LogP contribution in [0.1, 0.15) is 10.4 Å². The summed E-state index contributed by atoms with van der Waals surface area (Å²) in [4.78, 5) is 17.0. The number of halogens is 2. The highest BCUT2D eigenvalue weighted by atomic mass is 35.5. The Morgan fingerprint density at radius 3 is 2.33 bits per heavy atom. The van der Waals surface area contributed by atoms with E-state index in [0.29, 0.717) is 5.69 Å². The van der Waals surface area contributed by atoms with Gasteiger partial charge in [0.2, 0.25) is 0 Å². The molecule has 9 heteroatoms. The first-order valence-corrected chi connectivity index (χ1v) is 8.85. The number of nitrogens with one attached hydrogen (secondary N) is 1. The molecule has 1 amide bonds. The summed E-state index contributed by atoms with van der Waals surface area (Å²) in [6, 6.07) is 10.4. The zero-order chi connectivity index (χ0) is 17.9. The molecule has 0 unspecified atom stereocenters. The van der Waals surface area contributed by atoms with Crippen molar-refractivity contribution in [2.24, 2.45) is 0 Å². The Kier molecular flexibility index (Phi) is 5.84. The summed E-state index contributed by atoms with van der Waals surface area (Å²) in [6.07, 6.45) is 0. The van der Waals surface area contributed by atoms with Gasteiger partial charge < -0.3 is 5.32 Å². The van der Waals surface area contributed by atoms with Crippen LogP contribution < -0.4 is 5.32 Å². The van der Waals surface area contributed by atoms with E-state index in [9.17, 15) is 13.2 Å². The maximum atomic E-state index is 12.2. The van der Waals surface area contributed by atoms with Gasteiger partial charge in [-0.2, -0.15) is 0 Å². The fraction of sp³-hybridized carbons (Fsp3) is 0.133. The Labute approximate surface area is 149 Å². The number of benzene rings is 2. The van der Waals surface area contributed by atoms with E-state index in [1.165, 1.54) is 44.5 Å². The molecule has 0 aromatic heterocycles. The van der Waals surface area contributed by atoms with Crippen molar-refractivity contribution in [3.63, 3.8) is 0 Å². The second-order valence-corrected chi connectivity index (χ2v) is 7.40. The third kappa shape index (κ3) is 3.88. The molecular weight excluding hydrogens is 375 g/mol. The van der Waals surface area contributed by atoms with E-state index in [4.69, 9.17) is 28.0 Å². The summed E-state index contributed by atoms with van der Waals surface area (Å²) in [5, 5.41) is 3.05. The molecular formula is C15H14Cl2N2O4S. The van der Waals surface area contributed by atoms with Crippen molar-refractivity contribution in [1.29, 1.82) is 0 Å². The van der Waals surface area contributed by atoms with Crippen LogP contribution in [0.3, 0.4) is 0 Å².